The summed E-state index contributed by atoms with van der Waals surface area (Å²) < 4.78 is 17.6. The number of hydrogen-bond acceptors (Lipinski definition) is 5. The Bertz CT molecular complexity index is 567. The molecule has 238 valence electrons. The molecular formula is C34H66O6. The topological polar surface area (TPSA) is 82.1 Å². The number of carbonyl (C=O) groups excluding carboxylic acids is 1. The molecule has 0 aromatic heterocycles. The molecule has 0 saturated heterocycles. The van der Waals surface area contributed by atoms with Crippen molar-refractivity contribution in [1.29, 1.82) is 0 Å². The Morgan fingerprint density at radius 1 is 0.525 bits per heavy atom. The molecule has 1 N–H and O–H groups in total. The van der Waals surface area contributed by atoms with E-state index < -0.39 is 17.4 Å². The van der Waals surface area contributed by atoms with Crippen LogP contribution >= 0.6 is 0 Å². The van der Waals surface area contributed by atoms with Gasteiger partial charge in [-0.15, -0.1) is 0 Å². The lowest BCUT2D eigenvalue weighted by molar-refractivity contribution is -0.154. The Morgan fingerprint density at radius 3 is 1.25 bits per heavy atom. The minimum atomic E-state index is -0.988. The van der Waals surface area contributed by atoms with Gasteiger partial charge in [0, 0.05) is 13.2 Å². The highest BCUT2D eigenvalue weighted by atomic mass is 16.5. The molecule has 1 unspecified atom stereocenters. The van der Waals surface area contributed by atoms with Crippen molar-refractivity contribution < 1.29 is 28.9 Å². The second-order valence-electron chi connectivity index (χ2n) is 11.9. The number of esters is 1. The Balaban J connectivity index is 4.15. The van der Waals surface area contributed by atoms with Crippen LogP contribution in [0.5, 0.6) is 0 Å². The molecular weight excluding hydrogens is 504 g/mol. The van der Waals surface area contributed by atoms with Crippen LogP contribution in [-0.4, -0.2) is 50.1 Å². The highest BCUT2D eigenvalue weighted by Crippen LogP contribution is 2.25. The highest BCUT2D eigenvalue weighted by Gasteiger charge is 2.31. The zero-order valence-corrected chi connectivity index (χ0v) is 26.8. The number of carboxylic acids is 1. The maximum atomic E-state index is 12.1. The number of rotatable bonds is 32. The van der Waals surface area contributed by atoms with Gasteiger partial charge in [0.15, 0.2) is 0 Å². The van der Waals surface area contributed by atoms with E-state index in [2.05, 4.69) is 20.8 Å². The standard InChI is InChI=1S/C34H66O6/c1-4-7-9-11-13-14-15-16-17-18-19-20-22-24-28-39-30-34(6-3,31-40-33(37)26-25-32(35)36)29-38-27-23-21-12-10-8-5-2/h4-31H2,1-3H3,(H,35,36). The Hall–Kier alpha value is -1.14. The van der Waals surface area contributed by atoms with Gasteiger partial charge in [-0.2, -0.15) is 0 Å². The fourth-order valence-electron chi connectivity index (χ4n) is 4.91. The molecule has 0 aromatic carbocycles. The van der Waals surface area contributed by atoms with Crippen LogP contribution in [0.1, 0.15) is 168 Å². The highest BCUT2D eigenvalue weighted by molar-refractivity contribution is 5.76. The van der Waals surface area contributed by atoms with Crippen LogP contribution in [0.15, 0.2) is 0 Å². The van der Waals surface area contributed by atoms with Crippen LogP contribution in [0.4, 0.5) is 0 Å². The Labute approximate surface area is 247 Å². The first kappa shape index (κ1) is 38.9. The van der Waals surface area contributed by atoms with Gasteiger partial charge in [0.2, 0.25) is 0 Å². The Morgan fingerprint density at radius 2 is 0.900 bits per heavy atom. The fourth-order valence-corrected chi connectivity index (χ4v) is 4.91. The van der Waals surface area contributed by atoms with Crippen LogP contribution < -0.4 is 0 Å². The largest absolute Gasteiger partial charge is 0.481 e. The van der Waals surface area contributed by atoms with Crippen molar-refractivity contribution in [2.24, 2.45) is 5.41 Å². The minimum absolute atomic E-state index is 0.104. The number of unbranched alkanes of at least 4 members (excludes halogenated alkanes) is 18. The molecule has 0 bridgehead atoms. The zero-order valence-electron chi connectivity index (χ0n) is 26.8. The van der Waals surface area contributed by atoms with Gasteiger partial charge in [-0.05, 0) is 19.3 Å². The molecule has 6 heteroatoms. The van der Waals surface area contributed by atoms with Gasteiger partial charge in [0.25, 0.3) is 0 Å². The number of hydrogen-bond donors (Lipinski definition) is 1. The summed E-state index contributed by atoms with van der Waals surface area (Å²) in [5, 5.41) is 8.83. The number of carbonyl (C=O) groups is 2. The van der Waals surface area contributed by atoms with E-state index in [1.165, 1.54) is 116 Å². The molecule has 0 spiro atoms. The summed E-state index contributed by atoms with van der Waals surface area (Å²) in [5.41, 5.74) is -0.392. The predicted octanol–water partition coefficient (Wildman–Crippen LogP) is 9.67. The molecule has 0 aliphatic heterocycles. The van der Waals surface area contributed by atoms with Crippen molar-refractivity contribution in [3.63, 3.8) is 0 Å². The third-order valence-corrected chi connectivity index (χ3v) is 7.93. The van der Waals surface area contributed by atoms with E-state index >= 15 is 0 Å². The van der Waals surface area contributed by atoms with Crippen LogP contribution in [-0.2, 0) is 23.8 Å². The third kappa shape index (κ3) is 25.8. The van der Waals surface area contributed by atoms with Crippen molar-refractivity contribution in [1.82, 2.24) is 0 Å². The number of ether oxygens (including phenoxy) is 3. The monoisotopic (exact) mass is 570 g/mol. The maximum absolute atomic E-state index is 12.1. The lowest BCUT2D eigenvalue weighted by Gasteiger charge is -2.32. The van der Waals surface area contributed by atoms with E-state index in [0.29, 0.717) is 26.4 Å². The van der Waals surface area contributed by atoms with E-state index in [9.17, 15) is 9.59 Å². The Kier molecular flexibility index (Phi) is 28.5. The minimum Gasteiger partial charge on any atom is -0.481 e. The van der Waals surface area contributed by atoms with Crippen molar-refractivity contribution in [2.75, 3.05) is 33.0 Å². The van der Waals surface area contributed by atoms with Gasteiger partial charge in [-0.1, -0.05) is 136 Å². The van der Waals surface area contributed by atoms with E-state index in [1.807, 2.05) is 0 Å². The average Bonchev–Trinajstić information content (AvgIpc) is 2.95. The summed E-state index contributed by atoms with van der Waals surface area (Å²) in [7, 11) is 0. The van der Waals surface area contributed by atoms with Gasteiger partial charge in [0.05, 0.1) is 31.5 Å². The fraction of sp³-hybridized carbons (Fsp3) is 0.941. The molecule has 0 amide bonds. The smallest absolute Gasteiger partial charge is 0.306 e. The summed E-state index contributed by atoms with van der Waals surface area (Å²) in [6, 6.07) is 0. The van der Waals surface area contributed by atoms with Crippen molar-refractivity contribution in [3.05, 3.63) is 0 Å². The first-order valence-corrected chi connectivity index (χ1v) is 17.0. The van der Waals surface area contributed by atoms with Gasteiger partial charge >= 0.3 is 11.9 Å². The van der Waals surface area contributed by atoms with E-state index in [4.69, 9.17) is 19.3 Å². The lowest BCUT2D eigenvalue weighted by atomic mass is 9.88. The van der Waals surface area contributed by atoms with Gasteiger partial charge < -0.3 is 19.3 Å². The van der Waals surface area contributed by atoms with E-state index in [-0.39, 0.29) is 19.4 Å². The summed E-state index contributed by atoms with van der Waals surface area (Å²) in [6.45, 7) is 9.18. The SMILES string of the molecule is CCCCCCCCCCCCCCCCOCC(CC)(COCCCCCCCC)COC(=O)CCC(=O)O. The quantitative estimate of drug-likeness (QED) is 0.0640. The lowest BCUT2D eigenvalue weighted by Crippen LogP contribution is -2.38. The van der Waals surface area contributed by atoms with E-state index in [0.717, 1.165) is 19.3 Å². The summed E-state index contributed by atoms with van der Waals surface area (Å²) in [5.74, 6) is -1.46. The molecule has 0 fully saturated rings. The van der Waals surface area contributed by atoms with Gasteiger partial charge in [0.1, 0.15) is 6.61 Å². The van der Waals surface area contributed by atoms with Crippen LogP contribution in [0.3, 0.4) is 0 Å². The second kappa shape index (κ2) is 29.4. The summed E-state index contributed by atoms with van der Waals surface area (Å²) in [4.78, 5) is 22.8. The molecule has 1 atom stereocenters. The molecule has 6 nitrogen and oxygen atoms in total. The number of aliphatic carboxylic acids is 1. The first-order valence-electron chi connectivity index (χ1n) is 17.0. The number of carboxylic acid groups (broad SMARTS) is 1. The second-order valence-corrected chi connectivity index (χ2v) is 11.9. The van der Waals surface area contributed by atoms with Crippen molar-refractivity contribution in [3.8, 4) is 0 Å². The molecule has 0 aliphatic carbocycles. The first-order chi connectivity index (χ1) is 19.5. The normalized spacial score (nSPS) is 12.9. The molecule has 0 heterocycles. The molecule has 0 saturated carbocycles. The summed E-state index contributed by atoms with van der Waals surface area (Å²) in [6.07, 6.45) is 26.5. The third-order valence-electron chi connectivity index (χ3n) is 7.93. The van der Waals surface area contributed by atoms with Crippen LogP contribution in [0.2, 0.25) is 0 Å². The molecule has 0 aromatic rings. The van der Waals surface area contributed by atoms with E-state index in [1.54, 1.807) is 0 Å². The zero-order chi connectivity index (χ0) is 29.6. The van der Waals surface area contributed by atoms with Crippen molar-refractivity contribution >= 4 is 11.9 Å². The predicted molar refractivity (Wildman–Crippen MR) is 166 cm³/mol. The average molecular weight is 571 g/mol. The molecule has 0 rings (SSSR count). The van der Waals surface area contributed by atoms with Crippen LogP contribution in [0, 0.1) is 5.41 Å². The van der Waals surface area contributed by atoms with Gasteiger partial charge in [-0.25, -0.2) is 0 Å². The van der Waals surface area contributed by atoms with Gasteiger partial charge in [-0.3, -0.25) is 9.59 Å². The maximum Gasteiger partial charge on any atom is 0.306 e. The molecule has 0 aliphatic rings. The summed E-state index contributed by atoms with van der Waals surface area (Å²) >= 11 is 0. The van der Waals surface area contributed by atoms with Crippen LogP contribution in [0.25, 0.3) is 0 Å². The molecule has 0 radical (unpaired) electrons. The van der Waals surface area contributed by atoms with Crippen molar-refractivity contribution in [2.45, 2.75) is 168 Å². The molecule has 40 heavy (non-hydrogen) atoms.